The SMILES string of the molecule is CCCCOC(=O)C1(C[C@@H](Cc2ccc(-c3ccccc3)cc2)NC(=O)c2nc(O)n[nH]2)CC1. The number of aromatic nitrogens is 3. The highest BCUT2D eigenvalue weighted by Crippen LogP contribution is 2.51. The molecule has 3 N–H and O–H groups in total. The maximum absolute atomic E-state index is 12.8. The van der Waals surface area contributed by atoms with Crippen molar-refractivity contribution in [2.24, 2.45) is 5.41 Å². The zero-order valence-electron chi connectivity index (χ0n) is 19.3. The van der Waals surface area contributed by atoms with Gasteiger partial charge in [0.15, 0.2) is 0 Å². The first-order valence-electron chi connectivity index (χ1n) is 11.7. The van der Waals surface area contributed by atoms with Crippen molar-refractivity contribution in [3.05, 3.63) is 66.0 Å². The second-order valence-electron chi connectivity index (χ2n) is 8.90. The number of ether oxygens (including phenoxy) is 1. The van der Waals surface area contributed by atoms with Gasteiger partial charge < -0.3 is 15.2 Å². The lowest BCUT2D eigenvalue weighted by Gasteiger charge is -2.23. The first-order valence-corrected chi connectivity index (χ1v) is 11.7. The number of nitrogens with one attached hydrogen (secondary N) is 2. The van der Waals surface area contributed by atoms with Crippen molar-refractivity contribution in [1.82, 2.24) is 20.5 Å². The van der Waals surface area contributed by atoms with E-state index in [1.807, 2.05) is 30.3 Å². The molecule has 3 aromatic rings. The summed E-state index contributed by atoms with van der Waals surface area (Å²) in [5.41, 5.74) is 2.73. The Bertz CT molecular complexity index is 1110. The molecular weight excluding hydrogens is 432 g/mol. The van der Waals surface area contributed by atoms with Crippen molar-refractivity contribution in [1.29, 1.82) is 0 Å². The average molecular weight is 463 g/mol. The Morgan fingerprint density at radius 1 is 1.12 bits per heavy atom. The normalized spacial score (nSPS) is 14.9. The Kier molecular flexibility index (Phi) is 7.25. The maximum Gasteiger partial charge on any atom is 0.333 e. The van der Waals surface area contributed by atoms with Crippen LogP contribution in [-0.4, -0.2) is 44.8 Å². The number of unbranched alkanes of at least 4 members (excludes halogenated alkanes) is 1. The summed E-state index contributed by atoms with van der Waals surface area (Å²) in [6.07, 6.45) is 4.32. The summed E-state index contributed by atoms with van der Waals surface area (Å²) >= 11 is 0. The molecule has 1 aromatic heterocycles. The van der Waals surface area contributed by atoms with Gasteiger partial charge in [0, 0.05) is 6.04 Å². The van der Waals surface area contributed by atoms with Gasteiger partial charge in [-0.1, -0.05) is 67.9 Å². The zero-order valence-corrected chi connectivity index (χ0v) is 19.3. The van der Waals surface area contributed by atoms with Gasteiger partial charge in [-0.05, 0) is 48.8 Å². The second kappa shape index (κ2) is 10.5. The van der Waals surface area contributed by atoms with E-state index in [9.17, 15) is 14.7 Å². The Labute approximate surface area is 198 Å². The van der Waals surface area contributed by atoms with Crippen molar-refractivity contribution in [2.75, 3.05) is 6.61 Å². The minimum absolute atomic E-state index is 0.0719. The minimum Gasteiger partial charge on any atom is -0.478 e. The molecule has 178 valence electrons. The van der Waals surface area contributed by atoms with Crippen LogP contribution in [0.5, 0.6) is 6.01 Å². The van der Waals surface area contributed by atoms with Gasteiger partial charge in [0.25, 0.3) is 5.91 Å². The van der Waals surface area contributed by atoms with E-state index in [0.717, 1.165) is 42.4 Å². The molecule has 1 aliphatic rings. The van der Waals surface area contributed by atoms with Gasteiger partial charge in [-0.3, -0.25) is 14.7 Å². The molecule has 1 amide bonds. The van der Waals surface area contributed by atoms with Crippen LogP contribution in [0.15, 0.2) is 54.6 Å². The Hall–Kier alpha value is -3.68. The van der Waals surface area contributed by atoms with Crippen LogP contribution in [0.2, 0.25) is 0 Å². The summed E-state index contributed by atoms with van der Waals surface area (Å²) in [6.45, 7) is 2.48. The fraction of sp³-hybridized carbons (Fsp3) is 0.385. The van der Waals surface area contributed by atoms with Crippen molar-refractivity contribution >= 4 is 11.9 Å². The van der Waals surface area contributed by atoms with Gasteiger partial charge in [0.1, 0.15) is 0 Å². The highest BCUT2D eigenvalue weighted by molar-refractivity contribution is 5.90. The Balaban J connectivity index is 1.48. The summed E-state index contributed by atoms with van der Waals surface area (Å²) in [4.78, 5) is 29.2. The largest absolute Gasteiger partial charge is 0.478 e. The van der Waals surface area contributed by atoms with Gasteiger partial charge in [-0.25, -0.2) is 0 Å². The third-order valence-corrected chi connectivity index (χ3v) is 6.22. The molecule has 4 rings (SSSR count). The summed E-state index contributed by atoms with van der Waals surface area (Å²) < 4.78 is 5.51. The van der Waals surface area contributed by atoms with Crippen molar-refractivity contribution in [3.63, 3.8) is 0 Å². The van der Waals surface area contributed by atoms with E-state index in [1.165, 1.54) is 0 Å². The highest BCUT2D eigenvalue weighted by Gasteiger charge is 2.52. The smallest absolute Gasteiger partial charge is 0.333 e. The monoisotopic (exact) mass is 462 g/mol. The number of aromatic amines is 1. The molecule has 0 radical (unpaired) electrons. The van der Waals surface area contributed by atoms with E-state index < -0.39 is 17.3 Å². The number of benzene rings is 2. The summed E-state index contributed by atoms with van der Waals surface area (Å²) in [5, 5.41) is 18.3. The molecule has 1 aliphatic carbocycles. The van der Waals surface area contributed by atoms with E-state index in [2.05, 4.69) is 51.7 Å². The molecule has 0 spiro atoms. The maximum atomic E-state index is 12.8. The number of carbonyl (C=O) groups is 2. The van der Waals surface area contributed by atoms with Crippen molar-refractivity contribution in [2.45, 2.75) is 51.5 Å². The fourth-order valence-electron chi connectivity index (χ4n) is 4.11. The van der Waals surface area contributed by atoms with Crippen LogP contribution in [0.1, 0.15) is 55.2 Å². The first-order chi connectivity index (χ1) is 16.5. The predicted octanol–water partition coefficient (Wildman–Crippen LogP) is 4.03. The highest BCUT2D eigenvalue weighted by atomic mass is 16.5. The molecule has 2 aromatic carbocycles. The molecule has 1 saturated carbocycles. The standard InChI is InChI=1S/C26H30N4O4/c1-2-3-15-34-24(32)26(13-14-26)17-21(27-23(31)22-28-25(33)30-29-22)16-18-9-11-20(12-10-18)19-7-5-4-6-8-19/h4-12,21H,2-3,13-17H2,1H3,(H,27,31)(H2,28,29,30,33)/t21-/m1/s1. The molecule has 0 aliphatic heterocycles. The molecule has 1 heterocycles. The van der Waals surface area contributed by atoms with Crippen LogP contribution in [-0.2, 0) is 16.0 Å². The number of rotatable bonds is 11. The number of nitrogens with zero attached hydrogens (tertiary/aromatic N) is 2. The number of aromatic hydroxyl groups is 1. The fourth-order valence-corrected chi connectivity index (χ4v) is 4.11. The van der Waals surface area contributed by atoms with Gasteiger partial charge in [0.2, 0.25) is 5.82 Å². The van der Waals surface area contributed by atoms with Gasteiger partial charge in [-0.2, -0.15) is 4.98 Å². The Morgan fingerprint density at radius 3 is 2.44 bits per heavy atom. The number of hydrogen-bond acceptors (Lipinski definition) is 6. The molecule has 0 bridgehead atoms. The lowest BCUT2D eigenvalue weighted by Crippen LogP contribution is -2.40. The van der Waals surface area contributed by atoms with E-state index in [-0.39, 0.29) is 17.8 Å². The third-order valence-electron chi connectivity index (χ3n) is 6.22. The third kappa shape index (κ3) is 5.81. The van der Waals surface area contributed by atoms with Crippen LogP contribution in [0.25, 0.3) is 11.1 Å². The van der Waals surface area contributed by atoms with Crippen molar-refractivity contribution < 1.29 is 19.4 Å². The zero-order chi connectivity index (χ0) is 24.0. The van der Waals surface area contributed by atoms with Gasteiger partial charge in [-0.15, -0.1) is 5.10 Å². The summed E-state index contributed by atoms with van der Waals surface area (Å²) in [7, 11) is 0. The average Bonchev–Trinajstić information content (AvgIpc) is 3.50. The number of H-pyrrole nitrogens is 1. The lowest BCUT2D eigenvalue weighted by atomic mass is 9.92. The number of hydrogen-bond donors (Lipinski definition) is 3. The van der Waals surface area contributed by atoms with E-state index in [4.69, 9.17) is 4.74 Å². The van der Waals surface area contributed by atoms with Crippen LogP contribution < -0.4 is 5.32 Å². The molecule has 8 nitrogen and oxygen atoms in total. The van der Waals surface area contributed by atoms with E-state index in [0.29, 0.717) is 19.4 Å². The van der Waals surface area contributed by atoms with Crippen LogP contribution in [0.4, 0.5) is 0 Å². The molecule has 1 atom stereocenters. The molecule has 8 heteroatoms. The molecule has 34 heavy (non-hydrogen) atoms. The van der Waals surface area contributed by atoms with Gasteiger partial charge in [0.05, 0.1) is 12.0 Å². The molecule has 0 unspecified atom stereocenters. The van der Waals surface area contributed by atoms with Crippen LogP contribution in [0, 0.1) is 5.41 Å². The topological polar surface area (TPSA) is 117 Å². The Morgan fingerprint density at radius 2 is 1.82 bits per heavy atom. The molecule has 1 fully saturated rings. The van der Waals surface area contributed by atoms with Crippen molar-refractivity contribution in [3.8, 4) is 17.1 Å². The van der Waals surface area contributed by atoms with E-state index >= 15 is 0 Å². The summed E-state index contributed by atoms with van der Waals surface area (Å²) in [5.74, 6) is -0.733. The van der Waals surface area contributed by atoms with Crippen LogP contribution in [0.3, 0.4) is 0 Å². The van der Waals surface area contributed by atoms with E-state index in [1.54, 1.807) is 0 Å². The van der Waals surface area contributed by atoms with Crippen LogP contribution >= 0.6 is 0 Å². The number of esters is 1. The molecular formula is C26H30N4O4. The summed E-state index contributed by atoms with van der Waals surface area (Å²) in [6, 6.07) is 17.5. The second-order valence-corrected chi connectivity index (χ2v) is 8.90. The predicted molar refractivity (Wildman–Crippen MR) is 127 cm³/mol. The lowest BCUT2D eigenvalue weighted by molar-refractivity contribution is -0.150. The quantitative estimate of drug-likeness (QED) is 0.293. The number of carbonyl (C=O) groups excluding carboxylic acids is 2. The first kappa shape index (κ1) is 23.5. The van der Waals surface area contributed by atoms with Gasteiger partial charge >= 0.3 is 12.0 Å². The molecule has 0 saturated heterocycles. The minimum atomic E-state index is -0.556. The number of amides is 1.